The molecule has 0 fully saturated rings. The maximum Gasteiger partial charge on any atom is 0.179 e. The number of benzene rings is 4. The Labute approximate surface area is 225 Å². The van der Waals surface area contributed by atoms with E-state index >= 15 is 4.39 Å². The van der Waals surface area contributed by atoms with Crippen molar-refractivity contribution >= 4 is 34.6 Å². The molecule has 0 amide bonds. The van der Waals surface area contributed by atoms with E-state index in [-0.39, 0.29) is 5.82 Å². The molecule has 7 rings (SSSR count). The summed E-state index contributed by atoms with van der Waals surface area (Å²) in [6.45, 7) is 4.02. The van der Waals surface area contributed by atoms with Crippen molar-refractivity contribution in [1.82, 2.24) is 9.78 Å². The van der Waals surface area contributed by atoms with E-state index in [0.717, 1.165) is 39.6 Å². The quantitative estimate of drug-likeness (QED) is 0.274. The van der Waals surface area contributed by atoms with Crippen LogP contribution in [-0.4, -0.2) is 21.5 Å². The van der Waals surface area contributed by atoms with Crippen LogP contribution in [0.5, 0.6) is 0 Å². The van der Waals surface area contributed by atoms with E-state index in [1.54, 1.807) is 6.07 Å². The van der Waals surface area contributed by atoms with Crippen molar-refractivity contribution < 1.29 is 4.39 Å². The molecule has 0 saturated carbocycles. The highest BCUT2D eigenvalue weighted by Gasteiger charge is 2.42. The van der Waals surface area contributed by atoms with E-state index in [9.17, 15) is 0 Å². The number of aromatic nitrogens is 2. The number of nitrogens with one attached hydrogen (secondary N) is 1. The molecule has 0 aliphatic carbocycles. The monoisotopic (exact) mass is 512 g/mol. The summed E-state index contributed by atoms with van der Waals surface area (Å²) >= 11 is 0. The Bertz CT molecular complexity index is 1770. The zero-order chi connectivity index (χ0) is 26.5. The number of hydrogen-bond donors (Lipinski definition) is 1. The lowest BCUT2D eigenvalue weighted by Crippen LogP contribution is -2.46. The maximum atomic E-state index is 15.6. The Morgan fingerprint density at radius 3 is 2.28 bits per heavy atom. The maximum absolute atomic E-state index is 15.6. The zero-order valence-electron chi connectivity index (χ0n) is 21.5. The summed E-state index contributed by atoms with van der Waals surface area (Å²) in [5.41, 5.74) is 6.77. The lowest BCUT2D eigenvalue weighted by molar-refractivity contribution is 0.597. The normalized spacial score (nSPS) is 15.6. The first-order valence-electron chi connectivity index (χ1n) is 12.9. The van der Waals surface area contributed by atoms with Crippen LogP contribution in [0.25, 0.3) is 5.69 Å². The van der Waals surface area contributed by atoms with Crippen LogP contribution in [0.4, 0.5) is 27.3 Å². The largest absolute Gasteiger partial charge is 0.337 e. The smallest absolute Gasteiger partial charge is 0.179 e. The van der Waals surface area contributed by atoms with Crippen molar-refractivity contribution in [2.45, 2.75) is 19.9 Å². The van der Waals surface area contributed by atoms with Crippen molar-refractivity contribution in [2.24, 2.45) is 9.98 Å². The van der Waals surface area contributed by atoms with Crippen LogP contribution in [0, 0.1) is 19.7 Å². The van der Waals surface area contributed by atoms with Gasteiger partial charge < -0.3 is 10.2 Å². The van der Waals surface area contributed by atoms with Gasteiger partial charge >= 0.3 is 0 Å². The minimum absolute atomic E-state index is 0.283. The number of halogens is 1. The fourth-order valence-corrected chi connectivity index (χ4v) is 5.31. The summed E-state index contributed by atoms with van der Waals surface area (Å²) in [7, 11) is 0. The molecule has 3 heterocycles. The third kappa shape index (κ3) is 3.82. The first-order chi connectivity index (χ1) is 19.1. The molecule has 0 saturated heterocycles. The first kappa shape index (κ1) is 23.1. The van der Waals surface area contributed by atoms with Crippen molar-refractivity contribution in [1.29, 1.82) is 0 Å². The van der Waals surface area contributed by atoms with Gasteiger partial charge in [0.25, 0.3) is 0 Å². The second-order valence-electron chi connectivity index (χ2n) is 9.74. The van der Waals surface area contributed by atoms with Gasteiger partial charge in [-0.25, -0.2) is 19.1 Å². The molecule has 2 aliphatic heterocycles. The molecule has 1 aromatic heterocycles. The lowest BCUT2D eigenvalue weighted by atomic mass is 9.93. The zero-order valence-corrected chi connectivity index (χ0v) is 21.5. The molecule has 2 aliphatic rings. The van der Waals surface area contributed by atoms with Crippen LogP contribution < -0.4 is 10.2 Å². The van der Waals surface area contributed by atoms with E-state index < -0.39 is 6.04 Å². The Balaban J connectivity index is 1.52. The Morgan fingerprint density at radius 2 is 1.49 bits per heavy atom. The molecule has 7 heteroatoms. The van der Waals surface area contributed by atoms with Crippen LogP contribution in [0.1, 0.15) is 28.4 Å². The van der Waals surface area contributed by atoms with Gasteiger partial charge in [-0.2, -0.15) is 5.10 Å². The number of amidine groups is 2. The summed E-state index contributed by atoms with van der Waals surface area (Å²) in [5, 5.41) is 8.39. The average Bonchev–Trinajstić information content (AvgIpc) is 3.29. The van der Waals surface area contributed by atoms with Gasteiger partial charge in [0, 0.05) is 16.8 Å². The first-order valence-corrected chi connectivity index (χ1v) is 12.9. The predicted molar refractivity (Wildman–Crippen MR) is 154 cm³/mol. The number of nitrogens with zero attached hydrogens (tertiary/aromatic N) is 5. The molecule has 1 unspecified atom stereocenters. The van der Waals surface area contributed by atoms with Gasteiger partial charge in [-0.05, 0) is 56.3 Å². The summed E-state index contributed by atoms with van der Waals surface area (Å²) in [5.74, 6) is 1.57. The number of fused-ring (bicyclic) bond motifs is 4. The molecule has 0 radical (unpaired) electrons. The average molecular weight is 513 g/mol. The Morgan fingerprint density at radius 1 is 0.769 bits per heavy atom. The summed E-state index contributed by atoms with van der Waals surface area (Å²) in [6.07, 6.45) is 0. The molecule has 5 aromatic rings. The van der Waals surface area contributed by atoms with E-state index in [1.807, 2.05) is 90.5 Å². The highest BCUT2D eigenvalue weighted by Crippen LogP contribution is 2.48. The van der Waals surface area contributed by atoms with Crippen LogP contribution in [0.2, 0.25) is 0 Å². The molecule has 0 bridgehead atoms. The van der Waals surface area contributed by atoms with Crippen LogP contribution in [0.3, 0.4) is 0 Å². The van der Waals surface area contributed by atoms with Gasteiger partial charge in [-0.3, -0.25) is 0 Å². The molecule has 1 N–H and O–H groups in total. The van der Waals surface area contributed by atoms with Crippen LogP contribution in [0.15, 0.2) is 113 Å². The van der Waals surface area contributed by atoms with Crippen molar-refractivity contribution in [3.63, 3.8) is 0 Å². The third-order valence-electron chi connectivity index (χ3n) is 7.15. The molecule has 190 valence electrons. The van der Waals surface area contributed by atoms with E-state index in [1.165, 1.54) is 6.07 Å². The van der Waals surface area contributed by atoms with Crippen LogP contribution >= 0.6 is 0 Å². The topological polar surface area (TPSA) is 57.8 Å². The molecule has 4 aromatic carbocycles. The minimum atomic E-state index is -0.503. The number of rotatable bonds is 3. The van der Waals surface area contributed by atoms with Gasteiger partial charge in [0.1, 0.15) is 5.82 Å². The van der Waals surface area contributed by atoms with Crippen molar-refractivity contribution in [3.05, 3.63) is 131 Å². The highest BCUT2D eigenvalue weighted by atomic mass is 19.1. The number of anilines is 2. The van der Waals surface area contributed by atoms with Gasteiger partial charge in [0.05, 0.1) is 28.8 Å². The van der Waals surface area contributed by atoms with Crippen molar-refractivity contribution in [2.75, 3.05) is 10.2 Å². The molecular weight excluding hydrogens is 487 g/mol. The van der Waals surface area contributed by atoms with Gasteiger partial charge in [-0.15, -0.1) is 0 Å². The molecule has 0 spiro atoms. The van der Waals surface area contributed by atoms with Gasteiger partial charge in [0.15, 0.2) is 17.5 Å². The summed E-state index contributed by atoms with van der Waals surface area (Å²) in [6, 6.07) is 32.4. The number of aliphatic imine (C=N–C) groups is 2. The predicted octanol–water partition coefficient (Wildman–Crippen LogP) is 7.42. The number of hydrogen-bond acceptors (Lipinski definition) is 5. The second-order valence-corrected chi connectivity index (χ2v) is 9.74. The second kappa shape index (κ2) is 9.06. The fraction of sp³-hybridized carbons (Fsp3) is 0.0938. The molecule has 6 nitrogen and oxygen atoms in total. The number of aryl methyl sites for hydroxylation is 2. The Hall–Kier alpha value is -5.04. The molecular formula is C32H25FN6. The minimum Gasteiger partial charge on any atom is -0.337 e. The standard InChI is InChI=1S/C32H25FN6/c1-20-16-18-23(19-17-20)39-31-28(21(2)37-39)29(24-12-6-7-13-25(24)33)38-27-15-9-8-14-26(27)35-30(32(38)36-31)34-22-10-4-3-5-11-22/h3-19,29H,1-2H3,(H,34,35). The van der Waals surface area contributed by atoms with Crippen molar-refractivity contribution in [3.8, 4) is 5.69 Å². The van der Waals surface area contributed by atoms with E-state index in [0.29, 0.717) is 23.1 Å². The number of para-hydroxylation sites is 3. The summed E-state index contributed by atoms with van der Waals surface area (Å²) < 4.78 is 17.5. The van der Waals surface area contributed by atoms with Gasteiger partial charge in [-0.1, -0.05) is 66.2 Å². The van der Waals surface area contributed by atoms with E-state index in [4.69, 9.17) is 15.1 Å². The molecule has 1 atom stereocenters. The fourth-order valence-electron chi connectivity index (χ4n) is 5.31. The Kier molecular flexibility index (Phi) is 5.37. The highest BCUT2D eigenvalue weighted by molar-refractivity contribution is 6.51. The third-order valence-corrected chi connectivity index (χ3v) is 7.15. The summed E-state index contributed by atoms with van der Waals surface area (Å²) in [4.78, 5) is 12.3. The SMILES string of the molecule is Cc1ccc(-n2nc(C)c3c2N=C2C(Nc4ccccc4)=Nc4ccccc4N2C3c2ccccc2F)cc1. The van der Waals surface area contributed by atoms with Crippen LogP contribution in [-0.2, 0) is 0 Å². The van der Waals surface area contributed by atoms with E-state index in [2.05, 4.69) is 29.3 Å². The lowest BCUT2D eigenvalue weighted by Gasteiger charge is -2.40. The van der Waals surface area contributed by atoms with Gasteiger partial charge in [0.2, 0.25) is 0 Å². The molecule has 39 heavy (non-hydrogen) atoms.